The highest BCUT2D eigenvalue weighted by molar-refractivity contribution is 6.41. The monoisotopic (exact) mass is 1240 g/mol. The first-order chi connectivity index (χ1) is 40.7. The highest BCUT2D eigenvalue weighted by Gasteiger charge is 2.44. The van der Waals surface area contributed by atoms with Gasteiger partial charge >= 0.3 is 0 Å². The number of benzene rings is 3. The summed E-state index contributed by atoms with van der Waals surface area (Å²) in [7, 11) is 0. The Bertz CT molecular complexity index is 3780. The molecule has 3 aromatic rings. The van der Waals surface area contributed by atoms with E-state index in [1.165, 1.54) is 5.01 Å². The smallest absolute Gasteiger partial charge is 0.281 e. The van der Waals surface area contributed by atoms with Gasteiger partial charge < -0.3 is 0 Å². The van der Waals surface area contributed by atoms with Crippen LogP contribution in [0.1, 0.15) is 186 Å². The molecule has 11 nitrogen and oxygen atoms in total. The molecule has 4 aliphatic carbocycles. The van der Waals surface area contributed by atoms with Crippen molar-refractivity contribution in [3.05, 3.63) is 203 Å². The Morgan fingerprint density at radius 3 is 1.09 bits per heavy atom. The number of hydrogen-bond donors (Lipinski definition) is 0. The third-order valence-electron chi connectivity index (χ3n) is 15.9. The molecule has 9 rings (SSSR count). The number of hydrazone groups is 2. The largest absolute Gasteiger partial charge is 0.289 e. The molecule has 6 aliphatic rings. The lowest BCUT2D eigenvalue weighted by molar-refractivity contribution is -0.130. The predicted octanol–water partition coefficient (Wildman–Crippen LogP) is 17.9. The van der Waals surface area contributed by atoms with E-state index in [-0.39, 0.29) is 84.7 Å². The molecule has 0 N–H and O–H groups in total. The minimum atomic E-state index is -0.461. The van der Waals surface area contributed by atoms with Gasteiger partial charge in [0.1, 0.15) is 5.71 Å². The zero-order valence-corrected chi connectivity index (χ0v) is 57.9. The fraction of sp³-hybridized carbons (Fsp3) is 0.408. The second-order valence-corrected chi connectivity index (χ2v) is 31.8. The third-order valence-corrected chi connectivity index (χ3v) is 16.5. The summed E-state index contributed by atoms with van der Waals surface area (Å²) in [5.74, 6) is -0.878. The molecule has 0 saturated carbocycles. The lowest BCUT2D eigenvalue weighted by atomic mass is 9.71. The first kappa shape index (κ1) is 69.0. The number of carbonyl (C=O) groups excluding carboxylic acids is 7. The third kappa shape index (κ3) is 14.3. The Morgan fingerprint density at radius 1 is 0.393 bits per heavy atom. The normalized spacial score (nSPS) is 18.1. The second kappa shape index (κ2) is 24.4. The van der Waals surface area contributed by atoms with Crippen LogP contribution in [0.4, 0.5) is 5.69 Å². The molecule has 0 saturated heterocycles. The van der Waals surface area contributed by atoms with Gasteiger partial charge in [0.2, 0.25) is 0 Å². The number of allylic oxidation sites excluding steroid dienone is 16. The van der Waals surface area contributed by atoms with Crippen LogP contribution < -0.4 is 5.01 Å². The number of amides is 2. The van der Waals surface area contributed by atoms with Gasteiger partial charge in [-0.15, -0.1) is 0 Å². The van der Waals surface area contributed by atoms with Gasteiger partial charge in [0.15, 0.2) is 28.9 Å². The van der Waals surface area contributed by atoms with Crippen molar-refractivity contribution in [3.8, 4) is 0 Å². The topological polar surface area (TPSA) is 151 Å². The fourth-order valence-corrected chi connectivity index (χ4v) is 11.4. The summed E-state index contributed by atoms with van der Waals surface area (Å²) in [6.07, 6.45) is 11.0. The van der Waals surface area contributed by atoms with Gasteiger partial charge in [-0.2, -0.15) is 15.2 Å². The van der Waals surface area contributed by atoms with E-state index in [9.17, 15) is 33.6 Å². The van der Waals surface area contributed by atoms with Crippen LogP contribution in [0.5, 0.6) is 0 Å². The summed E-state index contributed by atoms with van der Waals surface area (Å²) < 4.78 is 0. The van der Waals surface area contributed by atoms with Crippen molar-refractivity contribution in [1.82, 2.24) is 5.01 Å². The molecular weight excluding hydrogens is 1150 g/mol. The minimum absolute atomic E-state index is 0.00948. The van der Waals surface area contributed by atoms with E-state index in [0.29, 0.717) is 82.9 Å². The van der Waals surface area contributed by atoms with Crippen LogP contribution in [0.15, 0.2) is 186 Å². The first-order valence-electron chi connectivity index (χ1n) is 30.4. The molecule has 3 aromatic carbocycles. The Labute approximate surface area is 537 Å². The Morgan fingerprint density at radius 2 is 0.742 bits per heavy atom. The molecule has 0 unspecified atom stereocenters. The summed E-state index contributed by atoms with van der Waals surface area (Å²) in [6.45, 7) is 46.0. The SMILES string of the molecule is CC(C)(C)C1=CC(=C2C(=O)N(C(C)(C)C)N=C2c2ccccc2)C=C(C(C)(C)C)C1=O.CC(C)(C)C1=CC(=C2C(=O)c3ccccc3C2=O)C=C(C(C)(C)C)C1=O.CC(C)C1=NN(c2cc(Cl)ccc2Cl)C(=O)C1=C1C=C(C(C)(C)C)C(=O)C(C(C)(C)C)=C1. The number of hydrogen-bond acceptors (Lipinski definition) is 9. The summed E-state index contributed by atoms with van der Waals surface area (Å²) in [5, 5.41) is 13.1. The lowest BCUT2D eigenvalue weighted by Gasteiger charge is -2.32. The average molecular weight is 1240 g/mol. The van der Waals surface area contributed by atoms with Crippen LogP contribution in [0.2, 0.25) is 10.0 Å². The van der Waals surface area contributed by atoms with E-state index in [2.05, 4.69) is 5.10 Å². The van der Waals surface area contributed by atoms with Crippen molar-refractivity contribution < 1.29 is 33.6 Å². The maximum Gasteiger partial charge on any atom is 0.281 e. The van der Waals surface area contributed by atoms with Crippen molar-refractivity contribution in [3.63, 3.8) is 0 Å². The molecule has 2 heterocycles. The van der Waals surface area contributed by atoms with Crippen LogP contribution in [-0.4, -0.2) is 62.7 Å². The molecule has 0 spiro atoms. The number of fused-ring (bicyclic) bond motifs is 1. The number of carbonyl (C=O) groups is 7. The summed E-state index contributed by atoms with van der Waals surface area (Å²) in [4.78, 5) is 92.8. The zero-order valence-electron chi connectivity index (χ0n) is 56.4. The van der Waals surface area contributed by atoms with Crippen molar-refractivity contribution in [2.24, 2.45) is 48.6 Å². The summed E-state index contributed by atoms with van der Waals surface area (Å²) in [6, 6.07) is 21.6. The first-order valence-corrected chi connectivity index (χ1v) is 31.2. The van der Waals surface area contributed by atoms with Gasteiger partial charge in [-0.05, 0) is 131 Å². The maximum atomic E-state index is 13.7. The van der Waals surface area contributed by atoms with Gasteiger partial charge in [0.25, 0.3) is 11.8 Å². The molecule has 13 heteroatoms. The summed E-state index contributed by atoms with van der Waals surface area (Å²) >= 11 is 12.5. The molecule has 2 amide bonds. The quantitative estimate of drug-likeness (QED) is 0.187. The van der Waals surface area contributed by atoms with Crippen molar-refractivity contribution in [2.45, 2.75) is 165 Å². The number of ketones is 5. The Hall–Kier alpha value is -7.47. The van der Waals surface area contributed by atoms with Crippen LogP contribution in [0.25, 0.3) is 0 Å². The average Bonchev–Trinajstić information content (AvgIpc) is 1.75. The van der Waals surface area contributed by atoms with Crippen LogP contribution in [0, 0.1) is 38.4 Å². The highest BCUT2D eigenvalue weighted by atomic mass is 35.5. The van der Waals surface area contributed by atoms with Gasteiger partial charge in [-0.3, -0.25) is 33.6 Å². The van der Waals surface area contributed by atoms with Crippen molar-refractivity contribution in [2.75, 3.05) is 5.01 Å². The van der Waals surface area contributed by atoms with Crippen LogP contribution >= 0.6 is 23.2 Å². The Balaban J connectivity index is 0.000000191. The van der Waals surface area contributed by atoms with Gasteiger partial charge in [0.05, 0.1) is 38.7 Å². The van der Waals surface area contributed by atoms with Crippen molar-refractivity contribution in [1.29, 1.82) is 0 Å². The van der Waals surface area contributed by atoms with E-state index in [1.54, 1.807) is 59.6 Å². The maximum absolute atomic E-state index is 13.7. The van der Waals surface area contributed by atoms with E-state index >= 15 is 0 Å². The molecular formula is C76H88Cl2N4O7. The fourth-order valence-electron chi connectivity index (χ4n) is 11.0. The number of nitrogens with zero attached hydrogens (tertiary/aromatic N) is 4. The van der Waals surface area contributed by atoms with Gasteiger partial charge in [0, 0.05) is 55.2 Å². The van der Waals surface area contributed by atoms with Crippen LogP contribution in [-0.2, 0) is 24.0 Å². The van der Waals surface area contributed by atoms with E-state index in [0.717, 1.165) is 22.3 Å². The lowest BCUT2D eigenvalue weighted by Crippen LogP contribution is -2.39. The zero-order chi connectivity index (χ0) is 67.0. The number of Topliss-reactive ketones (excluding diaryl/α,β-unsaturated/α-hetero) is 5. The molecule has 0 radical (unpaired) electrons. The molecule has 0 atom stereocenters. The van der Waals surface area contributed by atoms with E-state index in [1.807, 2.05) is 214 Å². The predicted molar refractivity (Wildman–Crippen MR) is 362 cm³/mol. The summed E-state index contributed by atoms with van der Waals surface area (Å²) in [5.41, 5.74) is 8.13. The molecule has 0 fully saturated rings. The van der Waals surface area contributed by atoms with Crippen LogP contribution in [0.3, 0.4) is 0 Å². The number of anilines is 1. The molecule has 0 bridgehead atoms. The molecule has 89 heavy (non-hydrogen) atoms. The second-order valence-electron chi connectivity index (χ2n) is 31.0. The molecule has 468 valence electrons. The molecule has 2 aliphatic heterocycles. The standard InChI is InChI=1S/C27H34N2O2.C26H30Cl2N2O2.C23H24O3/c1-25(2,3)19-15-18(16-20(23(19)30)26(4,5)6)21-22(17-13-11-10-12-14-17)28-29(24(21)31)27(7,8)9;1-14(2)22-21(24(32)30(29-22)20-13-16(27)9-10-19(20)28)15-11-17(25(3,4)5)23(31)18(12-15)26(6,7)8;1-22(2,3)16-11-13(12-17(21(16)26)23(4,5)6)18-19(24)14-9-7-8-10-15(14)20(18)25/h10-16H,1-9H3;9-14H,1-8H3;7-12H,1-6H3. The number of rotatable bonds is 3. The molecule has 0 aromatic heterocycles. The van der Waals surface area contributed by atoms with E-state index < -0.39 is 5.54 Å². The van der Waals surface area contributed by atoms with E-state index in [4.69, 9.17) is 28.3 Å². The minimum Gasteiger partial charge on any atom is -0.289 e. The Kier molecular flexibility index (Phi) is 18.9. The van der Waals surface area contributed by atoms with Crippen molar-refractivity contribution >= 4 is 81.0 Å². The van der Waals surface area contributed by atoms with Gasteiger partial charge in [-0.1, -0.05) is 216 Å². The van der Waals surface area contributed by atoms with Gasteiger partial charge in [-0.25, -0.2) is 5.01 Å². The highest BCUT2D eigenvalue weighted by Crippen LogP contribution is 2.46. The number of halogens is 2.